The van der Waals surface area contributed by atoms with Gasteiger partial charge in [-0.15, -0.1) is 0 Å². The van der Waals surface area contributed by atoms with Gasteiger partial charge < -0.3 is 14.9 Å². The van der Waals surface area contributed by atoms with Crippen molar-refractivity contribution in [2.75, 3.05) is 12.8 Å². The molecule has 2 aromatic carbocycles. The van der Waals surface area contributed by atoms with E-state index in [4.69, 9.17) is 26.5 Å². The van der Waals surface area contributed by atoms with Gasteiger partial charge >= 0.3 is 0 Å². The maximum Gasteiger partial charge on any atom is 0.229 e. The van der Waals surface area contributed by atoms with Crippen molar-refractivity contribution < 1.29 is 9.15 Å². The Kier molecular flexibility index (Phi) is 2.80. The first-order valence-corrected chi connectivity index (χ1v) is 6.05. The number of rotatable bonds is 2. The number of nitrogens with zero attached hydrogens (tertiary/aromatic N) is 1. The van der Waals surface area contributed by atoms with Gasteiger partial charge in [0.1, 0.15) is 11.3 Å². The van der Waals surface area contributed by atoms with Crippen LogP contribution < -0.4 is 10.5 Å². The molecule has 0 aliphatic carbocycles. The zero-order valence-corrected chi connectivity index (χ0v) is 10.9. The number of anilines is 1. The van der Waals surface area contributed by atoms with Crippen molar-refractivity contribution in [3.63, 3.8) is 0 Å². The Morgan fingerprint density at radius 1 is 1.21 bits per heavy atom. The first kappa shape index (κ1) is 11.9. The van der Waals surface area contributed by atoms with Gasteiger partial charge in [-0.1, -0.05) is 11.6 Å². The van der Waals surface area contributed by atoms with E-state index in [1.807, 2.05) is 0 Å². The highest BCUT2D eigenvalue weighted by atomic mass is 35.5. The van der Waals surface area contributed by atoms with E-state index in [2.05, 4.69) is 4.98 Å². The maximum absolute atomic E-state index is 5.95. The topological polar surface area (TPSA) is 61.3 Å². The van der Waals surface area contributed by atoms with E-state index < -0.39 is 0 Å². The van der Waals surface area contributed by atoms with Crippen molar-refractivity contribution in [3.05, 3.63) is 41.4 Å². The minimum atomic E-state index is 0.452. The van der Waals surface area contributed by atoms with Gasteiger partial charge in [0.05, 0.1) is 12.7 Å². The Bertz CT molecular complexity index is 752. The fourth-order valence-corrected chi connectivity index (χ4v) is 2.03. The quantitative estimate of drug-likeness (QED) is 0.723. The van der Waals surface area contributed by atoms with Crippen molar-refractivity contribution in [1.29, 1.82) is 0 Å². The van der Waals surface area contributed by atoms with Crippen LogP contribution in [0, 0.1) is 0 Å². The Labute approximate surface area is 114 Å². The normalized spacial score (nSPS) is 10.8. The molecule has 4 nitrogen and oxygen atoms in total. The molecule has 3 rings (SSSR count). The number of benzene rings is 2. The molecular formula is C14H11ClN2O2. The maximum atomic E-state index is 5.95. The van der Waals surface area contributed by atoms with E-state index in [9.17, 15) is 0 Å². The monoisotopic (exact) mass is 274 g/mol. The van der Waals surface area contributed by atoms with Crippen LogP contribution in [0.25, 0.3) is 22.6 Å². The van der Waals surface area contributed by atoms with Crippen molar-refractivity contribution in [1.82, 2.24) is 4.98 Å². The van der Waals surface area contributed by atoms with Gasteiger partial charge in [-0.05, 0) is 36.4 Å². The number of oxazole rings is 1. The largest absolute Gasteiger partial charge is 0.497 e. The van der Waals surface area contributed by atoms with Crippen LogP contribution in [-0.4, -0.2) is 12.1 Å². The second kappa shape index (κ2) is 4.48. The molecule has 0 atom stereocenters. The molecule has 1 aromatic heterocycles. The van der Waals surface area contributed by atoms with Crippen LogP contribution in [0.1, 0.15) is 0 Å². The summed E-state index contributed by atoms with van der Waals surface area (Å²) in [5.74, 6) is 1.15. The van der Waals surface area contributed by atoms with E-state index in [0.29, 0.717) is 39.0 Å². The average Bonchev–Trinajstić information content (AvgIpc) is 2.82. The molecule has 0 unspecified atom stereocenters. The molecule has 0 amide bonds. The molecule has 0 aliphatic heterocycles. The summed E-state index contributed by atoms with van der Waals surface area (Å²) < 4.78 is 10.9. The Balaban J connectivity index is 2.18. The number of aromatic nitrogens is 1. The van der Waals surface area contributed by atoms with Crippen molar-refractivity contribution >= 4 is 28.4 Å². The minimum absolute atomic E-state index is 0.452. The fourth-order valence-electron chi connectivity index (χ4n) is 1.86. The van der Waals surface area contributed by atoms with Crippen molar-refractivity contribution in [2.24, 2.45) is 0 Å². The molecule has 0 saturated carbocycles. The third-order valence-electron chi connectivity index (χ3n) is 2.84. The summed E-state index contributed by atoms with van der Waals surface area (Å²) in [5, 5.41) is 0.617. The summed E-state index contributed by atoms with van der Waals surface area (Å²) in [4.78, 5) is 4.39. The van der Waals surface area contributed by atoms with E-state index in [0.717, 1.165) is 0 Å². The van der Waals surface area contributed by atoms with Crippen LogP contribution in [0.3, 0.4) is 0 Å². The van der Waals surface area contributed by atoms with Crippen LogP contribution in [0.5, 0.6) is 5.75 Å². The molecule has 1 heterocycles. The van der Waals surface area contributed by atoms with Gasteiger partial charge in [-0.25, -0.2) is 4.98 Å². The second-order valence-corrected chi connectivity index (χ2v) is 4.52. The van der Waals surface area contributed by atoms with Crippen molar-refractivity contribution in [2.45, 2.75) is 0 Å². The molecule has 0 fully saturated rings. The third-order valence-corrected chi connectivity index (χ3v) is 3.08. The summed E-state index contributed by atoms with van der Waals surface area (Å²) in [6.07, 6.45) is 0. The molecule has 19 heavy (non-hydrogen) atoms. The number of fused-ring (bicyclic) bond motifs is 1. The average molecular weight is 275 g/mol. The lowest BCUT2D eigenvalue weighted by atomic mass is 10.1. The molecule has 0 aliphatic rings. The number of hydrogen-bond donors (Lipinski definition) is 1. The molecule has 96 valence electrons. The lowest BCUT2D eigenvalue weighted by Crippen LogP contribution is -1.91. The SMILES string of the molecule is COc1ccc(N)c(-c2nc3cc(Cl)ccc3o2)c1. The van der Waals surface area contributed by atoms with Gasteiger partial charge in [0.15, 0.2) is 5.58 Å². The Morgan fingerprint density at radius 2 is 2.05 bits per heavy atom. The number of ether oxygens (including phenoxy) is 1. The fraction of sp³-hybridized carbons (Fsp3) is 0.0714. The number of methoxy groups -OCH3 is 1. The minimum Gasteiger partial charge on any atom is -0.497 e. The van der Waals surface area contributed by atoms with Gasteiger partial charge in [0.25, 0.3) is 0 Å². The van der Waals surface area contributed by atoms with E-state index in [1.165, 1.54) is 0 Å². The summed E-state index contributed by atoms with van der Waals surface area (Å²) in [6, 6.07) is 10.6. The van der Waals surface area contributed by atoms with Gasteiger partial charge in [-0.2, -0.15) is 0 Å². The summed E-state index contributed by atoms with van der Waals surface area (Å²) in [7, 11) is 1.60. The molecule has 0 radical (unpaired) electrons. The van der Waals surface area contributed by atoms with E-state index >= 15 is 0 Å². The standard InChI is InChI=1S/C14H11ClN2O2/c1-18-9-3-4-11(16)10(7-9)14-17-12-6-8(15)2-5-13(12)19-14/h2-7H,16H2,1H3. The predicted octanol–water partition coefficient (Wildman–Crippen LogP) is 3.74. The lowest BCUT2D eigenvalue weighted by molar-refractivity contribution is 0.415. The summed E-state index contributed by atoms with van der Waals surface area (Å²) >= 11 is 5.93. The van der Waals surface area contributed by atoms with E-state index in [1.54, 1.807) is 43.5 Å². The second-order valence-electron chi connectivity index (χ2n) is 4.08. The number of hydrogen-bond acceptors (Lipinski definition) is 4. The lowest BCUT2D eigenvalue weighted by Gasteiger charge is -2.04. The highest BCUT2D eigenvalue weighted by molar-refractivity contribution is 6.31. The van der Waals surface area contributed by atoms with Crippen LogP contribution >= 0.6 is 11.6 Å². The highest BCUT2D eigenvalue weighted by Crippen LogP contribution is 2.32. The van der Waals surface area contributed by atoms with Crippen LogP contribution in [0.2, 0.25) is 5.02 Å². The summed E-state index contributed by atoms with van der Waals surface area (Å²) in [5.41, 5.74) is 8.60. The third kappa shape index (κ3) is 2.11. The van der Waals surface area contributed by atoms with Crippen LogP contribution in [0.15, 0.2) is 40.8 Å². The van der Waals surface area contributed by atoms with Crippen LogP contribution in [0.4, 0.5) is 5.69 Å². The molecular weight excluding hydrogens is 264 g/mol. The van der Waals surface area contributed by atoms with Crippen molar-refractivity contribution in [3.8, 4) is 17.2 Å². The summed E-state index contributed by atoms with van der Waals surface area (Å²) in [6.45, 7) is 0. The number of nitrogen functional groups attached to an aromatic ring is 1. The molecule has 2 N–H and O–H groups in total. The first-order valence-electron chi connectivity index (χ1n) is 5.67. The Morgan fingerprint density at radius 3 is 2.84 bits per heavy atom. The smallest absolute Gasteiger partial charge is 0.229 e. The Hall–Kier alpha value is -2.20. The van der Waals surface area contributed by atoms with Gasteiger partial charge in [-0.3, -0.25) is 0 Å². The number of nitrogens with two attached hydrogens (primary N) is 1. The highest BCUT2D eigenvalue weighted by Gasteiger charge is 2.12. The zero-order chi connectivity index (χ0) is 13.4. The zero-order valence-electron chi connectivity index (χ0n) is 10.2. The van der Waals surface area contributed by atoms with Crippen LogP contribution in [-0.2, 0) is 0 Å². The molecule has 0 spiro atoms. The molecule has 0 bridgehead atoms. The molecule has 5 heteroatoms. The van der Waals surface area contributed by atoms with Gasteiger partial charge in [0, 0.05) is 10.7 Å². The van der Waals surface area contributed by atoms with Gasteiger partial charge in [0.2, 0.25) is 5.89 Å². The first-order chi connectivity index (χ1) is 9.17. The number of halogens is 1. The molecule has 0 saturated heterocycles. The van der Waals surface area contributed by atoms with E-state index in [-0.39, 0.29) is 0 Å². The predicted molar refractivity (Wildman–Crippen MR) is 75.4 cm³/mol. The molecule has 3 aromatic rings.